The van der Waals surface area contributed by atoms with Crippen LogP contribution >= 0.6 is 15.9 Å². The smallest absolute Gasteiger partial charge is 0.135 e. The van der Waals surface area contributed by atoms with Gasteiger partial charge in [0.25, 0.3) is 0 Å². The van der Waals surface area contributed by atoms with Crippen molar-refractivity contribution in [2.75, 3.05) is 7.11 Å². The van der Waals surface area contributed by atoms with Gasteiger partial charge in [-0.15, -0.1) is 0 Å². The molecule has 0 saturated carbocycles. The molecular formula is C13H17BrO3. The van der Waals surface area contributed by atoms with Crippen LogP contribution in [0.5, 0.6) is 5.75 Å². The van der Waals surface area contributed by atoms with E-state index in [4.69, 9.17) is 9.47 Å². The maximum Gasteiger partial charge on any atom is 0.135 e. The van der Waals surface area contributed by atoms with Crippen LogP contribution in [0.2, 0.25) is 0 Å². The van der Waals surface area contributed by atoms with E-state index in [1.165, 1.54) is 0 Å². The summed E-state index contributed by atoms with van der Waals surface area (Å²) in [5.41, 5.74) is 0.342. The van der Waals surface area contributed by atoms with Crippen LogP contribution in [0, 0.1) is 0 Å². The number of benzene rings is 1. The minimum atomic E-state index is -0.515. The highest BCUT2D eigenvalue weighted by atomic mass is 79.9. The second-order valence-electron chi connectivity index (χ2n) is 4.69. The molecule has 1 aliphatic rings. The van der Waals surface area contributed by atoms with Gasteiger partial charge >= 0.3 is 0 Å². The van der Waals surface area contributed by atoms with E-state index in [1.807, 2.05) is 32.0 Å². The van der Waals surface area contributed by atoms with Gasteiger partial charge in [0.05, 0.1) is 12.2 Å². The quantitative estimate of drug-likeness (QED) is 0.912. The van der Waals surface area contributed by atoms with Gasteiger partial charge in [0.2, 0.25) is 0 Å². The highest BCUT2D eigenvalue weighted by Crippen LogP contribution is 2.42. The number of hydrogen-bond acceptors (Lipinski definition) is 3. The van der Waals surface area contributed by atoms with E-state index in [0.29, 0.717) is 6.42 Å². The summed E-state index contributed by atoms with van der Waals surface area (Å²) in [4.78, 5) is 0. The minimum Gasteiger partial charge on any atom is -0.484 e. The molecule has 0 fully saturated rings. The summed E-state index contributed by atoms with van der Waals surface area (Å²) in [6.45, 7) is 3.92. The topological polar surface area (TPSA) is 38.7 Å². The SMILES string of the molecule is COC(C)C1(C)C[C@H](O)c2cc(Br)ccc2O1. The molecule has 0 saturated heterocycles. The Bertz CT molecular complexity index is 421. The Morgan fingerprint density at radius 2 is 2.29 bits per heavy atom. The van der Waals surface area contributed by atoms with Crippen LogP contribution in [-0.4, -0.2) is 23.9 Å². The Labute approximate surface area is 110 Å². The van der Waals surface area contributed by atoms with Crippen LogP contribution in [0.15, 0.2) is 22.7 Å². The van der Waals surface area contributed by atoms with E-state index >= 15 is 0 Å². The monoisotopic (exact) mass is 300 g/mol. The van der Waals surface area contributed by atoms with E-state index in [-0.39, 0.29) is 6.10 Å². The third-order valence-corrected chi connectivity index (χ3v) is 3.98. The van der Waals surface area contributed by atoms with Crippen molar-refractivity contribution in [1.82, 2.24) is 0 Å². The summed E-state index contributed by atoms with van der Waals surface area (Å²) >= 11 is 3.40. The zero-order valence-electron chi connectivity index (χ0n) is 10.2. The van der Waals surface area contributed by atoms with E-state index < -0.39 is 11.7 Å². The molecule has 1 heterocycles. The molecule has 1 aromatic rings. The molecule has 94 valence electrons. The van der Waals surface area contributed by atoms with E-state index in [9.17, 15) is 5.11 Å². The van der Waals surface area contributed by atoms with Gasteiger partial charge in [-0.05, 0) is 32.0 Å². The molecule has 0 radical (unpaired) electrons. The molecule has 2 rings (SSSR count). The summed E-state index contributed by atoms with van der Waals surface area (Å²) in [6, 6.07) is 5.69. The number of fused-ring (bicyclic) bond motifs is 1. The molecule has 3 nitrogen and oxygen atoms in total. The summed E-state index contributed by atoms with van der Waals surface area (Å²) in [5.74, 6) is 0.735. The molecule has 1 aromatic carbocycles. The standard InChI is InChI=1S/C13H17BrO3/c1-8(16-3)13(2)7-11(15)10-6-9(14)4-5-12(10)17-13/h4-6,8,11,15H,7H2,1-3H3/t8?,11-,13?/m0/s1. The number of aliphatic hydroxyl groups excluding tert-OH is 1. The molecule has 17 heavy (non-hydrogen) atoms. The van der Waals surface area contributed by atoms with Crippen molar-refractivity contribution in [1.29, 1.82) is 0 Å². The van der Waals surface area contributed by atoms with Crippen LogP contribution in [-0.2, 0) is 4.74 Å². The molecular weight excluding hydrogens is 284 g/mol. The largest absolute Gasteiger partial charge is 0.484 e. The van der Waals surface area contributed by atoms with E-state index in [2.05, 4.69) is 15.9 Å². The first-order valence-electron chi connectivity index (χ1n) is 5.65. The zero-order chi connectivity index (χ0) is 12.6. The van der Waals surface area contributed by atoms with Gasteiger partial charge in [0.1, 0.15) is 11.4 Å². The van der Waals surface area contributed by atoms with Crippen LogP contribution in [0.4, 0.5) is 0 Å². The molecule has 2 unspecified atom stereocenters. The van der Waals surface area contributed by atoms with Crippen molar-refractivity contribution in [3.63, 3.8) is 0 Å². The van der Waals surface area contributed by atoms with Crippen LogP contribution in [0.1, 0.15) is 31.9 Å². The van der Waals surface area contributed by atoms with Crippen molar-refractivity contribution < 1.29 is 14.6 Å². The maximum atomic E-state index is 10.2. The second kappa shape index (κ2) is 4.59. The second-order valence-corrected chi connectivity index (χ2v) is 5.61. The molecule has 1 aliphatic heterocycles. The van der Waals surface area contributed by atoms with Crippen molar-refractivity contribution >= 4 is 15.9 Å². The number of aliphatic hydroxyl groups is 1. The highest BCUT2D eigenvalue weighted by molar-refractivity contribution is 9.10. The Morgan fingerprint density at radius 3 is 2.94 bits per heavy atom. The zero-order valence-corrected chi connectivity index (χ0v) is 11.8. The molecule has 4 heteroatoms. The Kier molecular flexibility index (Phi) is 3.48. The fraction of sp³-hybridized carbons (Fsp3) is 0.538. The van der Waals surface area contributed by atoms with Gasteiger partial charge in [-0.3, -0.25) is 0 Å². The molecule has 0 aliphatic carbocycles. The predicted octanol–water partition coefficient (Wildman–Crippen LogP) is 3.06. The Morgan fingerprint density at radius 1 is 1.59 bits per heavy atom. The van der Waals surface area contributed by atoms with E-state index in [1.54, 1.807) is 7.11 Å². The normalized spacial score (nSPS) is 29.4. The Hall–Kier alpha value is -0.580. The number of ether oxygens (including phenoxy) is 2. The van der Waals surface area contributed by atoms with Crippen molar-refractivity contribution in [2.45, 2.75) is 38.1 Å². The summed E-state index contributed by atoms with van der Waals surface area (Å²) in [7, 11) is 1.66. The lowest BCUT2D eigenvalue weighted by atomic mass is 9.86. The number of halogens is 1. The van der Waals surface area contributed by atoms with Crippen molar-refractivity contribution in [2.24, 2.45) is 0 Å². The van der Waals surface area contributed by atoms with Gasteiger partial charge in [-0.2, -0.15) is 0 Å². The summed E-state index contributed by atoms with van der Waals surface area (Å²) < 4.78 is 12.3. The summed E-state index contributed by atoms with van der Waals surface area (Å²) in [6.07, 6.45) is -0.0568. The predicted molar refractivity (Wildman–Crippen MR) is 69.2 cm³/mol. The lowest BCUT2D eigenvalue weighted by molar-refractivity contribution is -0.0919. The van der Waals surface area contributed by atoms with E-state index in [0.717, 1.165) is 15.8 Å². The molecule has 0 spiro atoms. The number of rotatable bonds is 2. The lowest BCUT2D eigenvalue weighted by Crippen LogP contribution is -2.47. The van der Waals surface area contributed by atoms with Crippen LogP contribution < -0.4 is 4.74 Å². The van der Waals surface area contributed by atoms with Gasteiger partial charge in [0.15, 0.2) is 0 Å². The van der Waals surface area contributed by atoms with Gasteiger partial charge in [0, 0.05) is 23.6 Å². The van der Waals surface area contributed by atoms with Crippen molar-refractivity contribution in [3.05, 3.63) is 28.2 Å². The van der Waals surface area contributed by atoms with Gasteiger partial charge in [-0.1, -0.05) is 15.9 Å². The first-order valence-corrected chi connectivity index (χ1v) is 6.45. The molecule has 1 N–H and O–H groups in total. The molecule has 3 atom stereocenters. The highest BCUT2D eigenvalue weighted by Gasteiger charge is 2.41. The average Bonchev–Trinajstić information content (AvgIpc) is 2.29. The fourth-order valence-corrected chi connectivity index (χ4v) is 2.54. The third kappa shape index (κ3) is 2.34. The van der Waals surface area contributed by atoms with Crippen molar-refractivity contribution in [3.8, 4) is 5.75 Å². The first kappa shape index (κ1) is 12.9. The van der Waals surface area contributed by atoms with Gasteiger partial charge in [-0.25, -0.2) is 0 Å². The molecule has 0 amide bonds. The average molecular weight is 301 g/mol. The maximum absolute atomic E-state index is 10.2. The molecule has 0 aromatic heterocycles. The lowest BCUT2D eigenvalue weighted by Gasteiger charge is -2.41. The van der Waals surface area contributed by atoms with Crippen LogP contribution in [0.3, 0.4) is 0 Å². The van der Waals surface area contributed by atoms with Crippen LogP contribution in [0.25, 0.3) is 0 Å². The van der Waals surface area contributed by atoms with Gasteiger partial charge < -0.3 is 14.6 Å². The number of methoxy groups -OCH3 is 1. The third-order valence-electron chi connectivity index (χ3n) is 3.49. The summed E-state index contributed by atoms with van der Waals surface area (Å²) in [5, 5.41) is 10.2. The number of hydrogen-bond donors (Lipinski definition) is 1. The first-order chi connectivity index (χ1) is 7.96. The minimum absolute atomic E-state index is 0.0750. The Balaban J connectivity index is 2.36. The molecule has 0 bridgehead atoms. The fourth-order valence-electron chi connectivity index (χ4n) is 2.16.